The molecular formula is C14H19Cl2N3. The highest BCUT2D eigenvalue weighted by atomic mass is 35.5. The van der Waals surface area contributed by atoms with Crippen LogP contribution in [0.1, 0.15) is 24.8 Å². The van der Waals surface area contributed by atoms with Crippen molar-refractivity contribution in [2.24, 2.45) is 10.7 Å². The van der Waals surface area contributed by atoms with Gasteiger partial charge >= 0.3 is 0 Å². The quantitative estimate of drug-likeness (QED) is 0.515. The van der Waals surface area contributed by atoms with E-state index in [9.17, 15) is 0 Å². The molecule has 1 saturated carbocycles. The van der Waals surface area contributed by atoms with Crippen molar-refractivity contribution in [1.82, 2.24) is 4.90 Å². The topological polar surface area (TPSA) is 41.6 Å². The zero-order valence-electron chi connectivity index (χ0n) is 11.1. The molecule has 0 aromatic heterocycles. The first-order chi connectivity index (χ1) is 9.08. The Bertz CT molecular complexity index is 470. The van der Waals surface area contributed by atoms with Crippen LogP contribution >= 0.6 is 23.2 Å². The first-order valence-corrected chi connectivity index (χ1v) is 7.30. The summed E-state index contributed by atoms with van der Waals surface area (Å²) in [5, 5.41) is 1.39. The number of nitrogens with two attached hydrogens (primary N) is 1. The van der Waals surface area contributed by atoms with Gasteiger partial charge in [0.2, 0.25) is 0 Å². The summed E-state index contributed by atoms with van der Waals surface area (Å²) in [6, 6.07) is 6.21. The van der Waals surface area contributed by atoms with Gasteiger partial charge in [0.1, 0.15) is 0 Å². The minimum Gasteiger partial charge on any atom is -0.370 e. The van der Waals surface area contributed by atoms with Gasteiger partial charge in [-0.2, -0.15) is 0 Å². The third kappa shape index (κ3) is 4.29. The van der Waals surface area contributed by atoms with E-state index in [0.717, 1.165) is 30.0 Å². The van der Waals surface area contributed by atoms with Crippen LogP contribution in [0.4, 0.5) is 0 Å². The number of aryl methyl sites for hydroxylation is 1. The average Bonchev–Trinajstić information content (AvgIpc) is 3.19. The molecular weight excluding hydrogens is 281 g/mol. The molecule has 0 spiro atoms. The zero-order chi connectivity index (χ0) is 13.8. The van der Waals surface area contributed by atoms with Gasteiger partial charge in [-0.3, -0.25) is 4.99 Å². The third-order valence-corrected chi connectivity index (χ3v) is 3.94. The highest BCUT2D eigenvalue weighted by Crippen LogP contribution is 2.25. The van der Waals surface area contributed by atoms with Crippen LogP contribution in [-0.2, 0) is 6.42 Å². The summed E-state index contributed by atoms with van der Waals surface area (Å²) in [5.74, 6) is 0.643. The Kier molecular flexibility index (Phi) is 4.94. The maximum Gasteiger partial charge on any atom is 0.191 e. The number of aliphatic imine (C=N–C) groups is 1. The number of halogens is 2. The lowest BCUT2D eigenvalue weighted by Gasteiger charge is -2.16. The van der Waals surface area contributed by atoms with Gasteiger partial charge in [0.15, 0.2) is 5.96 Å². The molecule has 0 aliphatic heterocycles. The number of hydrogen-bond donors (Lipinski definition) is 1. The summed E-state index contributed by atoms with van der Waals surface area (Å²) in [5.41, 5.74) is 7.03. The first kappa shape index (κ1) is 14.5. The zero-order valence-corrected chi connectivity index (χ0v) is 12.6. The van der Waals surface area contributed by atoms with Gasteiger partial charge in [0, 0.05) is 29.7 Å². The Morgan fingerprint density at radius 1 is 1.42 bits per heavy atom. The van der Waals surface area contributed by atoms with E-state index in [0.29, 0.717) is 17.0 Å². The molecule has 2 N–H and O–H groups in total. The van der Waals surface area contributed by atoms with E-state index >= 15 is 0 Å². The normalized spacial score (nSPS) is 15.6. The monoisotopic (exact) mass is 299 g/mol. The fourth-order valence-electron chi connectivity index (χ4n) is 1.95. The average molecular weight is 300 g/mol. The third-order valence-electron chi connectivity index (χ3n) is 3.35. The summed E-state index contributed by atoms with van der Waals surface area (Å²) in [7, 11) is 2.01. The largest absolute Gasteiger partial charge is 0.370 e. The van der Waals surface area contributed by atoms with Crippen molar-refractivity contribution in [1.29, 1.82) is 0 Å². The van der Waals surface area contributed by atoms with Crippen molar-refractivity contribution < 1.29 is 0 Å². The number of guanidine groups is 1. The van der Waals surface area contributed by atoms with E-state index in [4.69, 9.17) is 28.9 Å². The molecule has 0 saturated heterocycles. The van der Waals surface area contributed by atoms with Crippen molar-refractivity contribution >= 4 is 29.2 Å². The van der Waals surface area contributed by atoms with Crippen LogP contribution in [0.15, 0.2) is 23.2 Å². The second kappa shape index (κ2) is 6.49. The predicted molar refractivity (Wildman–Crippen MR) is 82.1 cm³/mol. The highest BCUT2D eigenvalue weighted by Gasteiger charge is 2.27. The number of rotatable bonds is 5. The maximum absolute atomic E-state index is 6.12. The first-order valence-electron chi connectivity index (χ1n) is 6.54. The van der Waals surface area contributed by atoms with Crippen LogP contribution in [0, 0.1) is 0 Å². The molecule has 0 unspecified atom stereocenters. The molecule has 0 heterocycles. The molecule has 5 heteroatoms. The maximum atomic E-state index is 6.12. The molecule has 2 rings (SSSR count). The van der Waals surface area contributed by atoms with Crippen molar-refractivity contribution in [3.8, 4) is 0 Å². The number of hydrogen-bond acceptors (Lipinski definition) is 1. The van der Waals surface area contributed by atoms with Crippen LogP contribution in [0.2, 0.25) is 10.0 Å². The smallest absolute Gasteiger partial charge is 0.191 e. The van der Waals surface area contributed by atoms with Gasteiger partial charge < -0.3 is 10.6 Å². The fraction of sp³-hybridized carbons (Fsp3) is 0.500. The summed E-state index contributed by atoms with van der Waals surface area (Å²) < 4.78 is 0. The summed E-state index contributed by atoms with van der Waals surface area (Å²) in [6.07, 6.45) is 4.28. The molecule has 0 atom stereocenters. The van der Waals surface area contributed by atoms with Crippen molar-refractivity contribution in [2.45, 2.75) is 31.7 Å². The van der Waals surface area contributed by atoms with Crippen molar-refractivity contribution in [3.05, 3.63) is 33.8 Å². The van der Waals surface area contributed by atoms with Gasteiger partial charge in [-0.25, -0.2) is 0 Å². The van der Waals surface area contributed by atoms with Crippen LogP contribution in [0.25, 0.3) is 0 Å². The predicted octanol–water partition coefficient (Wildman–Crippen LogP) is 3.33. The lowest BCUT2D eigenvalue weighted by molar-refractivity contribution is 0.487. The van der Waals surface area contributed by atoms with E-state index in [2.05, 4.69) is 9.89 Å². The van der Waals surface area contributed by atoms with Crippen molar-refractivity contribution in [2.75, 3.05) is 13.6 Å². The molecule has 19 heavy (non-hydrogen) atoms. The van der Waals surface area contributed by atoms with E-state index in [-0.39, 0.29) is 0 Å². The van der Waals surface area contributed by atoms with Crippen LogP contribution < -0.4 is 5.73 Å². The molecule has 0 amide bonds. The van der Waals surface area contributed by atoms with Gasteiger partial charge in [0.05, 0.1) is 0 Å². The second-order valence-corrected chi connectivity index (χ2v) is 5.76. The molecule has 1 aliphatic carbocycles. The van der Waals surface area contributed by atoms with E-state index < -0.39 is 0 Å². The molecule has 1 aliphatic rings. The number of benzene rings is 1. The van der Waals surface area contributed by atoms with Crippen LogP contribution in [0.5, 0.6) is 0 Å². The van der Waals surface area contributed by atoms with Gasteiger partial charge in [-0.05, 0) is 43.4 Å². The molecule has 1 aromatic rings. The van der Waals surface area contributed by atoms with E-state index in [1.807, 2.05) is 19.2 Å². The fourth-order valence-corrected chi connectivity index (χ4v) is 2.45. The number of nitrogens with zero attached hydrogens (tertiary/aromatic N) is 2. The van der Waals surface area contributed by atoms with Gasteiger partial charge in [-0.1, -0.05) is 29.3 Å². The Balaban J connectivity index is 1.78. The minimum atomic E-state index is 0.606. The van der Waals surface area contributed by atoms with Crippen LogP contribution in [0.3, 0.4) is 0 Å². The lowest BCUT2D eigenvalue weighted by Crippen LogP contribution is -2.35. The van der Waals surface area contributed by atoms with Gasteiger partial charge in [-0.15, -0.1) is 0 Å². The van der Waals surface area contributed by atoms with E-state index in [1.165, 1.54) is 12.8 Å². The molecule has 104 valence electrons. The second-order valence-electron chi connectivity index (χ2n) is 4.92. The molecule has 1 fully saturated rings. The Morgan fingerprint density at radius 3 is 2.79 bits per heavy atom. The summed E-state index contributed by atoms with van der Waals surface area (Å²) >= 11 is 12.0. The Morgan fingerprint density at radius 2 is 2.16 bits per heavy atom. The summed E-state index contributed by atoms with van der Waals surface area (Å²) in [6.45, 7) is 0.724. The van der Waals surface area contributed by atoms with Gasteiger partial charge in [0.25, 0.3) is 0 Å². The molecule has 3 nitrogen and oxygen atoms in total. The van der Waals surface area contributed by atoms with Crippen LogP contribution in [-0.4, -0.2) is 30.5 Å². The minimum absolute atomic E-state index is 0.606. The lowest BCUT2D eigenvalue weighted by atomic mass is 10.1. The summed E-state index contributed by atoms with van der Waals surface area (Å²) in [4.78, 5) is 6.46. The molecule has 0 bridgehead atoms. The van der Waals surface area contributed by atoms with E-state index in [1.54, 1.807) is 6.07 Å². The standard InChI is InChI=1S/C14H19Cl2N3/c1-19(12-6-7-12)14(17)18-8-2-3-10-4-5-11(15)9-13(10)16/h4-5,9,12H,2-3,6-8H2,1H3,(H2,17,18). The molecule has 1 aromatic carbocycles. The SMILES string of the molecule is CN(C(N)=NCCCc1ccc(Cl)cc1Cl)C1CC1. The molecule has 0 radical (unpaired) electrons. The Hall–Kier alpha value is -0.930. The van der Waals surface area contributed by atoms with Crippen molar-refractivity contribution in [3.63, 3.8) is 0 Å². The highest BCUT2D eigenvalue weighted by molar-refractivity contribution is 6.35. The Labute approximate surface area is 124 Å².